The molecule has 3 heterocycles. The number of benzene rings is 2. The molecule has 0 radical (unpaired) electrons. The third kappa shape index (κ3) is 3.60. The van der Waals surface area contributed by atoms with Crippen molar-refractivity contribution in [1.29, 1.82) is 0 Å². The molecule has 1 unspecified atom stereocenters. The molecular formula is C21H20N6O3S. The van der Waals surface area contributed by atoms with E-state index in [4.69, 9.17) is 10.5 Å². The molecule has 0 saturated carbocycles. The molecule has 1 fully saturated rings. The van der Waals surface area contributed by atoms with Crippen molar-refractivity contribution in [3.63, 3.8) is 0 Å². The number of hydrogen-bond acceptors (Lipinski definition) is 7. The zero-order valence-corrected chi connectivity index (χ0v) is 17.3. The first kappa shape index (κ1) is 19.5. The maximum atomic E-state index is 13.2. The second-order valence-electron chi connectivity index (χ2n) is 7.28. The Bertz CT molecular complexity index is 1320. The first-order valence-corrected chi connectivity index (χ1v) is 11.2. The number of imidazole rings is 1. The number of nitrogens with two attached hydrogens (primary N) is 1. The zero-order valence-electron chi connectivity index (χ0n) is 16.5. The molecule has 31 heavy (non-hydrogen) atoms. The van der Waals surface area contributed by atoms with Crippen LogP contribution in [0, 0.1) is 0 Å². The van der Waals surface area contributed by atoms with Crippen LogP contribution in [0.25, 0.3) is 11.2 Å². The molecule has 0 aliphatic carbocycles. The van der Waals surface area contributed by atoms with Crippen LogP contribution >= 0.6 is 0 Å². The highest BCUT2D eigenvalue weighted by atomic mass is 32.2. The Morgan fingerprint density at radius 1 is 0.968 bits per heavy atom. The highest BCUT2D eigenvalue weighted by Crippen LogP contribution is 2.31. The molecule has 10 heteroatoms. The second kappa shape index (κ2) is 7.64. The van der Waals surface area contributed by atoms with Crippen molar-refractivity contribution in [3.8, 4) is 11.5 Å². The van der Waals surface area contributed by atoms with Crippen LogP contribution in [0.5, 0.6) is 11.5 Å². The predicted molar refractivity (Wildman–Crippen MR) is 115 cm³/mol. The molecule has 1 atom stereocenters. The largest absolute Gasteiger partial charge is 0.457 e. The average molecular weight is 436 g/mol. The molecule has 9 nitrogen and oxygen atoms in total. The quantitative estimate of drug-likeness (QED) is 0.511. The summed E-state index contributed by atoms with van der Waals surface area (Å²) in [5.74, 6) is 1.58. The van der Waals surface area contributed by atoms with Crippen LogP contribution < -0.4 is 10.5 Å². The van der Waals surface area contributed by atoms with E-state index < -0.39 is 10.0 Å². The number of hydrogen-bond donors (Lipinski definition) is 1. The number of sulfonamides is 1. The first-order chi connectivity index (χ1) is 15.0. The van der Waals surface area contributed by atoms with Gasteiger partial charge in [-0.05, 0) is 42.8 Å². The van der Waals surface area contributed by atoms with Gasteiger partial charge in [-0.1, -0.05) is 18.2 Å². The molecular weight excluding hydrogens is 416 g/mol. The Hall–Kier alpha value is -3.50. The van der Waals surface area contributed by atoms with Crippen molar-refractivity contribution < 1.29 is 13.2 Å². The summed E-state index contributed by atoms with van der Waals surface area (Å²) in [5, 5.41) is 0. The van der Waals surface area contributed by atoms with Crippen LogP contribution in [0.4, 0.5) is 5.82 Å². The van der Waals surface area contributed by atoms with Crippen LogP contribution in [0.2, 0.25) is 0 Å². The van der Waals surface area contributed by atoms with E-state index in [2.05, 4.69) is 15.0 Å². The molecule has 2 aromatic heterocycles. The molecule has 2 N–H and O–H groups in total. The summed E-state index contributed by atoms with van der Waals surface area (Å²) in [5.41, 5.74) is 6.99. The molecule has 1 aliphatic rings. The number of nitrogens with zero attached hydrogens (tertiary/aromatic N) is 5. The number of aromatic nitrogens is 4. The smallest absolute Gasteiger partial charge is 0.243 e. The lowest BCUT2D eigenvalue weighted by atomic mass is 10.2. The number of rotatable bonds is 5. The first-order valence-electron chi connectivity index (χ1n) is 9.78. The highest BCUT2D eigenvalue weighted by Gasteiger charge is 2.34. The Morgan fingerprint density at radius 3 is 2.48 bits per heavy atom. The zero-order chi connectivity index (χ0) is 21.4. The van der Waals surface area contributed by atoms with Gasteiger partial charge in [0.25, 0.3) is 0 Å². The average Bonchev–Trinajstić information content (AvgIpc) is 3.43. The van der Waals surface area contributed by atoms with Gasteiger partial charge in [-0.15, -0.1) is 0 Å². The van der Waals surface area contributed by atoms with Gasteiger partial charge in [0.1, 0.15) is 23.3 Å². The van der Waals surface area contributed by atoms with Gasteiger partial charge in [-0.25, -0.2) is 23.4 Å². The Kier molecular flexibility index (Phi) is 4.79. The fourth-order valence-electron chi connectivity index (χ4n) is 3.75. The van der Waals surface area contributed by atoms with E-state index in [1.165, 1.54) is 10.6 Å². The van der Waals surface area contributed by atoms with Crippen LogP contribution in [-0.4, -0.2) is 45.3 Å². The molecule has 4 aromatic rings. The minimum Gasteiger partial charge on any atom is -0.457 e. The maximum absolute atomic E-state index is 13.2. The summed E-state index contributed by atoms with van der Waals surface area (Å²) in [4.78, 5) is 12.7. The van der Waals surface area contributed by atoms with Gasteiger partial charge in [0.2, 0.25) is 10.0 Å². The number of anilines is 1. The SMILES string of the molecule is Nc1ncnc2c1ncn2C1CCN(S(=O)(=O)c2ccc(Oc3ccccc3)cc2)C1. The Labute approximate surface area is 179 Å². The number of ether oxygens (including phenoxy) is 1. The van der Waals surface area contributed by atoms with Crippen LogP contribution in [-0.2, 0) is 10.0 Å². The summed E-state index contributed by atoms with van der Waals surface area (Å²) in [6, 6.07) is 15.7. The van der Waals surface area contributed by atoms with E-state index in [-0.39, 0.29) is 10.9 Å². The molecule has 0 bridgehead atoms. The van der Waals surface area contributed by atoms with Crippen LogP contribution in [0.15, 0.2) is 72.1 Å². The fourth-order valence-corrected chi connectivity index (χ4v) is 5.24. The minimum absolute atomic E-state index is 0.0743. The maximum Gasteiger partial charge on any atom is 0.243 e. The monoisotopic (exact) mass is 436 g/mol. The van der Waals surface area contributed by atoms with Crippen LogP contribution in [0.1, 0.15) is 12.5 Å². The summed E-state index contributed by atoms with van der Waals surface area (Å²) in [6.07, 6.45) is 3.69. The fraction of sp³-hybridized carbons (Fsp3) is 0.190. The van der Waals surface area contributed by atoms with Gasteiger partial charge in [0, 0.05) is 13.1 Å². The Balaban J connectivity index is 1.33. The third-order valence-corrected chi connectivity index (χ3v) is 7.23. The van der Waals surface area contributed by atoms with Gasteiger partial charge >= 0.3 is 0 Å². The number of nitrogen functional groups attached to an aromatic ring is 1. The molecule has 1 saturated heterocycles. The van der Waals surface area contributed by atoms with E-state index in [1.54, 1.807) is 30.6 Å². The lowest BCUT2D eigenvalue weighted by Gasteiger charge is -2.17. The van der Waals surface area contributed by atoms with Crippen molar-refractivity contribution in [2.75, 3.05) is 18.8 Å². The summed E-state index contributed by atoms with van der Waals surface area (Å²) < 4.78 is 35.4. The van der Waals surface area contributed by atoms with Gasteiger partial charge in [-0.2, -0.15) is 4.31 Å². The van der Waals surface area contributed by atoms with E-state index in [0.29, 0.717) is 48.0 Å². The second-order valence-corrected chi connectivity index (χ2v) is 9.21. The van der Waals surface area contributed by atoms with E-state index >= 15 is 0 Å². The Morgan fingerprint density at radius 2 is 1.71 bits per heavy atom. The molecule has 0 amide bonds. The van der Waals surface area contributed by atoms with E-state index in [0.717, 1.165) is 0 Å². The summed E-state index contributed by atoms with van der Waals surface area (Å²) >= 11 is 0. The van der Waals surface area contributed by atoms with Crippen molar-refractivity contribution in [2.45, 2.75) is 17.4 Å². The molecule has 0 spiro atoms. The predicted octanol–water partition coefficient (Wildman–Crippen LogP) is 2.84. The summed E-state index contributed by atoms with van der Waals surface area (Å²) in [7, 11) is -3.63. The lowest BCUT2D eigenvalue weighted by Crippen LogP contribution is -2.29. The minimum atomic E-state index is -3.63. The topological polar surface area (TPSA) is 116 Å². The van der Waals surface area contributed by atoms with Crippen LogP contribution in [0.3, 0.4) is 0 Å². The van der Waals surface area contributed by atoms with Gasteiger partial charge in [-0.3, -0.25) is 0 Å². The normalized spacial score (nSPS) is 17.2. The molecule has 158 valence electrons. The van der Waals surface area contributed by atoms with Gasteiger partial charge in [0.05, 0.1) is 17.3 Å². The number of fused-ring (bicyclic) bond motifs is 1. The lowest BCUT2D eigenvalue weighted by molar-refractivity contribution is 0.453. The molecule has 2 aromatic carbocycles. The molecule has 5 rings (SSSR count). The third-order valence-electron chi connectivity index (χ3n) is 5.35. The molecule has 1 aliphatic heterocycles. The van der Waals surface area contributed by atoms with Gasteiger partial charge in [0.15, 0.2) is 11.5 Å². The highest BCUT2D eigenvalue weighted by molar-refractivity contribution is 7.89. The van der Waals surface area contributed by atoms with Gasteiger partial charge < -0.3 is 15.0 Å². The standard InChI is InChI=1S/C21H20N6O3S/c22-20-19-21(24-13-23-20)27(14-25-19)15-10-11-26(12-15)31(28,29)18-8-6-17(7-9-18)30-16-4-2-1-3-5-16/h1-9,13-15H,10-12H2,(H2,22,23,24). The van der Waals surface area contributed by atoms with E-state index in [1.807, 2.05) is 34.9 Å². The summed E-state index contributed by atoms with van der Waals surface area (Å²) in [6.45, 7) is 0.746. The van der Waals surface area contributed by atoms with Crippen molar-refractivity contribution in [3.05, 3.63) is 67.3 Å². The van der Waals surface area contributed by atoms with Crippen molar-refractivity contribution in [1.82, 2.24) is 23.8 Å². The van der Waals surface area contributed by atoms with Crippen molar-refractivity contribution in [2.24, 2.45) is 0 Å². The van der Waals surface area contributed by atoms with Crippen molar-refractivity contribution >= 4 is 27.0 Å². The number of para-hydroxylation sites is 1. The van der Waals surface area contributed by atoms with E-state index in [9.17, 15) is 8.42 Å².